The number of benzene rings is 1. The summed E-state index contributed by atoms with van der Waals surface area (Å²) in [5.41, 5.74) is -2.91. The number of rotatable bonds is 4. The van der Waals surface area contributed by atoms with Crippen LogP contribution in [0.3, 0.4) is 0 Å². The number of para-hydroxylation sites is 1. The minimum Gasteiger partial charge on any atom is -0.467 e. The fourth-order valence-corrected chi connectivity index (χ4v) is 2.69. The van der Waals surface area contributed by atoms with Gasteiger partial charge in [-0.2, -0.15) is 0 Å². The fraction of sp³-hybridized carbons (Fsp3) is 0.444. The Bertz CT molecular complexity index is 767. The van der Waals surface area contributed by atoms with Gasteiger partial charge in [0, 0.05) is 17.7 Å². The number of allylic oxidation sites excluding steroid dienone is 1. The molecule has 0 fully saturated rings. The zero-order valence-corrected chi connectivity index (χ0v) is 15.0. The Kier molecular flexibility index (Phi) is 5.37. The van der Waals surface area contributed by atoms with Crippen LogP contribution in [-0.2, 0) is 24.7 Å². The highest BCUT2D eigenvalue weighted by molar-refractivity contribution is 5.83. The number of ether oxygens (including phenoxy) is 2. The maximum absolute atomic E-state index is 15.7. The van der Waals surface area contributed by atoms with Gasteiger partial charge in [0.25, 0.3) is 0 Å². The second-order valence-electron chi connectivity index (χ2n) is 6.87. The second-order valence-corrected chi connectivity index (χ2v) is 6.87. The molecule has 0 bridgehead atoms. The Hall–Kier alpha value is -2.86. The molecule has 2 N–H and O–H groups in total. The molecule has 1 aromatic rings. The third-order valence-electron chi connectivity index (χ3n) is 3.77. The zero-order chi connectivity index (χ0) is 19.5. The van der Waals surface area contributed by atoms with E-state index in [2.05, 4.69) is 15.4 Å². The Morgan fingerprint density at radius 2 is 2.00 bits per heavy atom. The van der Waals surface area contributed by atoms with E-state index < -0.39 is 35.8 Å². The lowest BCUT2D eigenvalue weighted by atomic mass is 9.88. The van der Waals surface area contributed by atoms with Crippen LogP contribution in [-0.4, -0.2) is 36.8 Å². The number of carbonyl (C=O) groups is 2. The predicted molar refractivity (Wildman–Crippen MR) is 91.8 cm³/mol. The fourth-order valence-electron chi connectivity index (χ4n) is 2.69. The summed E-state index contributed by atoms with van der Waals surface area (Å²) < 4.78 is 25.5. The van der Waals surface area contributed by atoms with E-state index in [1.807, 2.05) is 0 Å². The number of anilines is 1. The van der Waals surface area contributed by atoms with Crippen LogP contribution in [0.5, 0.6) is 0 Å². The van der Waals surface area contributed by atoms with Crippen molar-refractivity contribution in [2.24, 2.45) is 0 Å². The Labute approximate surface area is 150 Å². The average molecular weight is 364 g/mol. The van der Waals surface area contributed by atoms with E-state index in [9.17, 15) is 14.4 Å². The molecule has 0 spiro atoms. The van der Waals surface area contributed by atoms with Crippen molar-refractivity contribution >= 4 is 23.7 Å². The van der Waals surface area contributed by atoms with Gasteiger partial charge in [-0.15, -0.1) is 0 Å². The van der Waals surface area contributed by atoms with Crippen LogP contribution in [0.15, 0.2) is 30.0 Å². The van der Waals surface area contributed by atoms with E-state index in [-0.39, 0.29) is 11.3 Å². The van der Waals surface area contributed by atoms with Gasteiger partial charge in [-0.3, -0.25) is 0 Å². The maximum Gasteiger partial charge on any atom is 0.408 e. The second kappa shape index (κ2) is 7.17. The van der Waals surface area contributed by atoms with Gasteiger partial charge >= 0.3 is 12.1 Å². The van der Waals surface area contributed by atoms with Crippen molar-refractivity contribution in [1.29, 1.82) is 0 Å². The van der Waals surface area contributed by atoms with Crippen molar-refractivity contribution in [1.82, 2.24) is 5.32 Å². The summed E-state index contributed by atoms with van der Waals surface area (Å²) in [5.74, 6) is 0.681. The lowest BCUT2D eigenvalue weighted by molar-refractivity contribution is -0.144. The monoisotopic (exact) mass is 364 g/mol. The number of alkyl halides is 1. The molecule has 1 heterocycles. The van der Waals surface area contributed by atoms with E-state index in [0.717, 1.165) is 7.11 Å². The minimum atomic E-state index is -2.33. The maximum atomic E-state index is 15.7. The summed E-state index contributed by atoms with van der Waals surface area (Å²) in [7, 11) is 1.12. The number of amides is 1. The zero-order valence-electron chi connectivity index (χ0n) is 15.0. The number of esters is 1. The molecule has 2 rings (SSSR count). The number of hydrogen-bond donors (Lipinski definition) is 2. The molecule has 0 aromatic heterocycles. The molecule has 0 aliphatic carbocycles. The molecule has 1 aliphatic rings. The Morgan fingerprint density at radius 3 is 2.58 bits per heavy atom. The summed E-state index contributed by atoms with van der Waals surface area (Å²) in [5, 5.41) is 4.96. The highest BCUT2D eigenvalue weighted by Gasteiger charge is 2.48. The van der Waals surface area contributed by atoms with Crippen molar-refractivity contribution in [3.05, 3.63) is 35.5 Å². The molecule has 0 radical (unpaired) electrons. The van der Waals surface area contributed by atoms with Crippen molar-refractivity contribution < 1.29 is 28.2 Å². The van der Waals surface area contributed by atoms with E-state index in [1.54, 1.807) is 39.0 Å². The Morgan fingerprint density at radius 1 is 1.35 bits per heavy atom. The highest BCUT2D eigenvalue weighted by Crippen LogP contribution is 2.46. The molecular formula is C18H21FN2O5. The first-order valence-electron chi connectivity index (χ1n) is 7.99. The van der Waals surface area contributed by atoms with E-state index in [0.29, 0.717) is 5.69 Å². The van der Waals surface area contributed by atoms with Gasteiger partial charge in [0.1, 0.15) is 23.3 Å². The SMILES string of the molecule is COC(=O)[C@H](CC1(F)C(=C=O)Nc2ccccc21)NC(=O)OC(C)(C)C. The molecule has 7 nitrogen and oxygen atoms in total. The minimum absolute atomic E-state index is 0.179. The largest absolute Gasteiger partial charge is 0.467 e. The van der Waals surface area contributed by atoms with Gasteiger partial charge in [0.2, 0.25) is 0 Å². The lowest BCUT2D eigenvalue weighted by Crippen LogP contribution is -2.47. The molecule has 1 amide bonds. The molecule has 2 atom stereocenters. The van der Waals surface area contributed by atoms with Crippen molar-refractivity contribution in [3.8, 4) is 0 Å². The first-order valence-corrected chi connectivity index (χ1v) is 7.99. The van der Waals surface area contributed by atoms with E-state index >= 15 is 4.39 Å². The summed E-state index contributed by atoms with van der Waals surface area (Å²) in [6.07, 6.45) is -1.44. The van der Waals surface area contributed by atoms with Crippen LogP contribution >= 0.6 is 0 Å². The van der Waals surface area contributed by atoms with Crippen LogP contribution in [0.4, 0.5) is 14.9 Å². The third-order valence-corrected chi connectivity index (χ3v) is 3.77. The molecule has 8 heteroatoms. The highest BCUT2D eigenvalue weighted by atomic mass is 19.1. The van der Waals surface area contributed by atoms with Gasteiger partial charge < -0.3 is 20.1 Å². The van der Waals surface area contributed by atoms with Gasteiger partial charge in [-0.05, 0) is 26.8 Å². The van der Waals surface area contributed by atoms with E-state index in [1.165, 1.54) is 12.0 Å². The van der Waals surface area contributed by atoms with Crippen LogP contribution in [0.25, 0.3) is 0 Å². The van der Waals surface area contributed by atoms with Gasteiger partial charge in [-0.1, -0.05) is 18.2 Å². The number of hydrogen-bond acceptors (Lipinski definition) is 6. The molecule has 1 unspecified atom stereocenters. The van der Waals surface area contributed by atoms with Crippen LogP contribution in [0.1, 0.15) is 32.8 Å². The summed E-state index contributed by atoms with van der Waals surface area (Å²) >= 11 is 0. The number of nitrogens with one attached hydrogen (secondary N) is 2. The topological polar surface area (TPSA) is 93.7 Å². The van der Waals surface area contributed by atoms with Crippen molar-refractivity contribution in [3.63, 3.8) is 0 Å². The molecule has 26 heavy (non-hydrogen) atoms. The Balaban J connectivity index is 2.31. The molecular weight excluding hydrogens is 343 g/mol. The standard InChI is InChI=1S/C18H21FN2O5/c1-17(2,3)26-16(24)21-13(15(23)25-4)9-18(19)11-7-5-6-8-12(11)20-14(18)10-22/h5-8,13,20H,9H2,1-4H3,(H,21,24)/t13-,18?/m0/s1. The quantitative estimate of drug-likeness (QED) is 0.630. The first kappa shape index (κ1) is 19.5. The number of methoxy groups -OCH3 is 1. The number of carbonyl (C=O) groups excluding carboxylic acids is 3. The average Bonchev–Trinajstić information content (AvgIpc) is 2.84. The molecule has 140 valence electrons. The van der Waals surface area contributed by atoms with Gasteiger partial charge in [0.05, 0.1) is 7.11 Å². The summed E-state index contributed by atoms with van der Waals surface area (Å²) in [6.45, 7) is 4.96. The third kappa shape index (κ3) is 4.03. The van der Waals surface area contributed by atoms with Crippen LogP contribution in [0.2, 0.25) is 0 Å². The van der Waals surface area contributed by atoms with Gasteiger partial charge in [-0.25, -0.2) is 18.8 Å². The van der Waals surface area contributed by atoms with Crippen LogP contribution < -0.4 is 10.6 Å². The normalized spacial score (nSPS) is 19.7. The molecule has 0 saturated carbocycles. The number of fused-ring (bicyclic) bond motifs is 1. The smallest absolute Gasteiger partial charge is 0.408 e. The van der Waals surface area contributed by atoms with Crippen molar-refractivity contribution in [2.75, 3.05) is 12.4 Å². The number of halogens is 1. The molecule has 1 aliphatic heterocycles. The van der Waals surface area contributed by atoms with Gasteiger partial charge in [0.15, 0.2) is 5.67 Å². The van der Waals surface area contributed by atoms with E-state index in [4.69, 9.17) is 4.74 Å². The predicted octanol–water partition coefficient (Wildman–Crippen LogP) is 2.45. The van der Waals surface area contributed by atoms with Crippen LogP contribution in [0, 0.1) is 0 Å². The first-order chi connectivity index (χ1) is 12.1. The molecule has 1 aromatic carbocycles. The summed E-state index contributed by atoms with van der Waals surface area (Å²) in [4.78, 5) is 35.3. The lowest BCUT2D eigenvalue weighted by Gasteiger charge is -2.27. The molecule has 0 saturated heterocycles. The number of alkyl carbamates (subject to hydrolysis) is 1. The summed E-state index contributed by atoms with van der Waals surface area (Å²) in [6, 6.07) is 5.01. The van der Waals surface area contributed by atoms with Crippen molar-refractivity contribution in [2.45, 2.75) is 44.5 Å².